The molecule has 14 heavy (non-hydrogen) atoms. The van der Waals surface area contributed by atoms with Crippen molar-refractivity contribution in [3.05, 3.63) is 36.0 Å². The lowest BCUT2D eigenvalue weighted by atomic mass is 9.86. The summed E-state index contributed by atoms with van der Waals surface area (Å²) in [5, 5.41) is 0. The molecule has 0 spiro atoms. The highest BCUT2D eigenvalue weighted by Crippen LogP contribution is 2.27. The molecule has 1 aliphatic rings. The average molecular weight is 208 g/mol. The summed E-state index contributed by atoms with van der Waals surface area (Å²) in [6, 6.07) is 0. The Morgan fingerprint density at radius 3 is 2.64 bits per heavy atom. The van der Waals surface area contributed by atoms with Crippen LogP contribution in [0, 0.1) is 5.41 Å². The van der Waals surface area contributed by atoms with E-state index in [0.29, 0.717) is 5.41 Å². The van der Waals surface area contributed by atoms with E-state index in [1.165, 1.54) is 5.57 Å². The van der Waals surface area contributed by atoms with Gasteiger partial charge in [-0.05, 0) is 30.4 Å². The van der Waals surface area contributed by atoms with Crippen LogP contribution in [0.5, 0.6) is 0 Å². The Morgan fingerprint density at radius 1 is 1.21 bits per heavy atom. The third-order valence-corrected chi connectivity index (χ3v) is 3.25. The predicted molar refractivity (Wildman–Crippen MR) is 67.8 cm³/mol. The molecule has 0 fully saturated rings. The minimum atomic E-state index is 0.308. The SMILES string of the molecule is CC(C)(CS)CC1=C\C/C=C\C/C=C\1. The van der Waals surface area contributed by atoms with Crippen LogP contribution < -0.4 is 0 Å². The van der Waals surface area contributed by atoms with E-state index < -0.39 is 0 Å². The van der Waals surface area contributed by atoms with Gasteiger partial charge in [-0.15, -0.1) is 0 Å². The van der Waals surface area contributed by atoms with Crippen LogP contribution in [0.4, 0.5) is 0 Å². The van der Waals surface area contributed by atoms with Gasteiger partial charge in [0.2, 0.25) is 0 Å². The lowest BCUT2D eigenvalue weighted by Gasteiger charge is -2.22. The van der Waals surface area contributed by atoms with Crippen molar-refractivity contribution >= 4 is 12.6 Å². The van der Waals surface area contributed by atoms with E-state index in [-0.39, 0.29) is 0 Å². The number of rotatable bonds is 3. The van der Waals surface area contributed by atoms with Crippen LogP contribution in [0.15, 0.2) is 36.0 Å². The largest absolute Gasteiger partial charge is 0.179 e. The van der Waals surface area contributed by atoms with E-state index in [4.69, 9.17) is 0 Å². The zero-order valence-electron chi connectivity index (χ0n) is 9.16. The lowest BCUT2D eigenvalue weighted by Crippen LogP contribution is -2.13. The first-order chi connectivity index (χ1) is 6.64. The van der Waals surface area contributed by atoms with E-state index in [0.717, 1.165) is 25.0 Å². The van der Waals surface area contributed by atoms with E-state index >= 15 is 0 Å². The second-order valence-corrected chi connectivity index (χ2v) is 4.94. The summed E-state index contributed by atoms with van der Waals surface area (Å²) in [5.74, 6) is 0.939. The highest BCUT2D eigenvalue weighted by molar-refractivity contribution is 7.80. The first-order valence-electron chi connectivity index (χ1n) is 5.25. The van der Waals surface area contributed by atoms with Crippen molar-refractivity contribution in [2.24, 2.45) is 5.41 Å². The van der Waals surface area contributed by atoms with Crippen molar-refractivity contribution < 1.29 is 0 Å². The number of thiol groups is 1. The molecule has 0 amide bonds. The molecule has 0 saturated heterocycles. The summed E-state index contributed by atoms with van der Waals surface area (Å²) in [4.78, 5) is 0. The van der Waals surface area contributed by atoms with E-state index in [2.05, 4.69) is 56.9 Å². The summed E-state index contributed by atoms with van der Waals surface area (Å²) in [6.07, 6.45) is 14.5. The maximum absolute atomic E-state index is 4.38. The molecule has 78 valence electrons. The quantitative estimate of drug-likeness (QED) is 0.522. The molecule has 0 atom stereocenters. The van der Waals surface area contributed by atoms with Crippen molar-refractivity contribution in [3.63, 3.8) is 0 Å². The molecule has 0 heterocycles. The van der Waals surface area contributed by atoms with Crippen LogP contribution in [-0.4, -0.2) is 5.75 Å². The Labute approximate surface area is 93.2 Å². The zero-order chi connectivity index (χ0) is 10.4. The molecule has 0 radical (unpaired) electrons. The first-order valence-corrected chi connectivity index (χ1v) is 5.89. The van der Waals surface area contributed by atoms with Gasteiger partial charge in [0, 0.05) is 0 Å². The molecular weight excluding hydrogens is 188 g/mol. The minimum Gasteiger partial charge on any atom is -0.179 e. The molecule has 0 aliphatic heterocycles. The fourth-order valence-electron chi connectivity index (χ4n) is 1.52. The average Bonchev–Trinajstić information content (AvgIpc) is 2.10. The highest BCUT2D eigenvalue weighted by atomic mass is 32.1. The summed E-state index contributed by atoms with van der Waals surface area (Å²) < 4.78 is 0. The second-order valence-electron chi connectivity index (χ2n) is 4.62. The van der Waals surface area contributed by atoms with Crippen molar-refractivity contribution in [2.75, 3.05) is 5.75 Å². The summed E-state index contributed by atoms with van der Waals surface area (Å²) in [7, 11) is 0. The van der Waals surface area contributed by atoms with Gasteiger partial charge in [-0.1, -0.05) is 49.8 Å². The molecule has 0 aromatic rings. The van der Waals surface area contributed by atoms with Gasteiger partial charge in [-0.2, -0.15) is 12.6 Å². The monoisotopic (exact) mass is 208 g/mol. The smallest absolute Gasteiger partial charge is 0.00433 e. The molecule has 0 saturated carbocycles. The van der Waals surface area contributed by atoms with Gasteiger partial charge in [0.25, 0.3) is 0 Å². The fraction of sp³-hybridized carbons (Fsp3) is 0.538. The Balaban J connectivity index is 2.63. The first kappa shape index (κ1) is 11.6. The molecule has 0 N–H and O–H groups in total. The predicted octanol–water partition coefficient (Wildman–Crippen LogP) is 4.17. The van der Waals surface area contributed by atoms with Gasteiger partial charge in [0.1, 0.15) is 0 Å². The zero-order valence-corrected chi connectivity index (χ0v) is 10.1. The molecule has 0 aromatic heterocycles. The van der Waals surface area contributed by atoms with E-state index in [1.54, 1.807) is 0 Å². The highest BCUT2D eigenvalue weighted by Gasteiger charge is 2.16. The van der Waals surface area contributed by atoms with Crippen LogP contribution in [0.25, 0.3) is 0 Å². The van der Waals surface area contributed by atoms with Crippen molar-refractivity contribution in [1.29, 1.82) is 0 Å². The van der Waals surface area contributed by atoms with Gasteiger partial charge in [-0.25, -0.2) is 0 Å². The molecular formula is C13H20S. The molecule has 0 aromatic carbocycles. The van der Waals surface area contributed by atoms with Crippen LogP contribution >= 0.6 is 12.6 Å². The molecule has 1 rings (SSSR count). The van der Waals surface area contributed by atoms with Crippen LogP contribution in [-0.2, 0) is 0 Å². The number of hydrogen-bond donors (Lipinski definition) is 1. The number of hydrogen-bond acceptors (Lipinski definition) is 1. The van der Waals surface area contributed by atoms with Crippen molar-refractivity contribution in [2.45, 2.75) is 33.1 Å². The standard InChI is InChI=1S/C13H20S/c1-13(2,11-14)10-12-8-6-4-3-5-7-9-12/h3-4,7-9,14H,5-6,10-11H2,1-2H3/b4-3-,9-7-,12-8-. The molecule has 1 aliphatic carbocycles. The van der Waals surface area contributed by atoms with Crippen molar-refractivity contribution in [3.8, 4) is 0 Å². The van der Waals surface area contributed by atoms with E-state index in [1.807, 2.05) is 0 Å². The van der Waals surface area contributed by atoms with Crippen LogP contribution in [0.2, 0.25) is 0 Å². The summed E-state index contributed by atoms with van der Waals surface area (Å²) in [6.45, 7) is 4.53. The van der Waals surface area contributed by atoms with Gasteiger partial charge in [0.15, 0.2) is 0 Å². The van der Waals surface area contributed by atoms with E-state index in [9.17, 15) is 0 Å². The van der Waals surface area contributed by atoms with Gasteiger partial charge >= 0.3 is 0 Å². The van der Waals surface area contributed by atoms with Gasteiger partial charge in [0.05, 0.1) is 0 Å². The maximum atomic E-state index is 4.38. The molecule has 1 heteroatoms. The molecule has 0 nitrogen and oxygen atoms in total. The summed E-state index contributed by atoms with van der Waals surface area (Å²) in [5.41, 5.74) is 1.76. The summed E-state index contributed by atoms with van der Waals surface area (Å²) >= 11 is 4.38. The topological polar surface area (TPSA) is 0 Å². The normalized spacial score (nSPS) is 25.8. The Kier molecular flexibility index (Phi) is 4.53. The molecule has 0 unspecified atom stereocenters. The van der Waals surface area contributed by atoms with Crippen LogP contribution in [0.1, 0.15) is 33.1 Å². The number of allylic oxidation sites excluding steroid dienone is 6. The van der Waals surface area contributed by atoms with Crippen molar-refractivity contribution in [1.82, 2.24) is 0 Å². The Morgan fingerprint density at radius 2 is 1.93 bits per heavy atom. The maximum Gasteiger partial charge on any atom is -0.00433 e. The Bertz CT molecular complexity index is 256. The lowest BCUT2D eigenvalue weighted by molar-refractivity contribution is 0.424. The molecule has 0 bridgehead atoms. The van der Waals surface area contributed by atoms with Crippen LogP contribution in [0.3, 0.4) is 0 Å². The second kappa shape index (κ2) is 5.45. The third-order valence-electron chi connectivity index (χ3n) is 2.40. The minimum absolute atomic E-state index is 0.308. The fourth-order valence-corrected chi connectivity index (χ4v) is 1.63. The van der Waals surface area contributed by atoms with Gasteiger partial charge in [-0.3, -0.25) is 0 Å². The van der Waals surface area contributed by atoms with Gasteiger partial charge < -0.3 is 0 Å². The Hall–Kier alpha value is -0.430. The third kappa shape index (κ3) is 4.19.